The molecule has 112 valence electrons. The van der Waals surface area contributed by atoms with Crippen LogP contribution in [0.1, 0.15) is 20.3 Å². The van der Waals surface area contributed by atoms with Crippen molar-refractivity contribution in [2.45, 2.75) is 44.3 Å². The average Bonchev–Trinajstić information content (AvgIpc) is 2.51. The van der Waals surface area contributed by atoms with Crippen LogP contribution >= 0.6 is 0 Å². The number of carbonyl (C=O) groups is 1. The largest absolute Gasteiger partial charge is 0.453 e. The molecule has 0 spiro atoms. The molecule has 1 saturated heterocycles. The van der Waals surface area contributed by atoms with E-state index in [0.717, 1.165) is 0 Å². The minimum absolute atomic E-state index is 0.279. The standard InChI is InChI=1S/C10H13F5O4/c1-3-5(2)7(16)19-6-4-18-9(17,8(6,11)12)10(13,14)15/h5-6,17H,3-4H2,1-2H3. The topological polar surface area (TPSA) is 55.8 Å². The molecule has 1 fully saturated rings. The summed E-state index contributed by atoms with van der Waals surface area (Å²) >= 11 is 0. The van der Waals surface area contributed by atoms with E-state index < -0.39 is 42.5 Å². The van der Waals surface area contributed by atoms with E-state index in [4.69, 9.17) is 5.11 Å². The van der Waals surface area contributed by atoms with Gasteiger partial charge in [-0.15, -0.1) is 0 Å². The molecule has 0 aromatic carbocycles. The highest BCUT2D eigenvalue weighted by molar-refractivity contribution is 5.72. The van der Waals surface area contributed by atoms with Crippen LogP contribution < -0.4 is 0 Å². The van der Waals surface area contributed by atoms with Crippen molar-refractivity contribution >= 4 is 5.97 Å². The maximum absolute atomic E-state index is 13.5. The number of ether oxygens (including phenoxy) is 2. The first-order valence-electron chi connectivity index (χ1n) is 5.48. The van der Waals surface area contributed by atoms with Crippen molar-refractivity contribution in [1.29, 1.82) is 0 Å². The van der Waals surface area contributed by atoms with Gasteiger partial charge < -0.3 is 14.6 Å². The Morgan fingerprint density at radius 3 is 2.42 bits per heavy atom. The lowest BCUT2D eigenvalue weighted by Crippen LogP contribution is -2.59. The summed E-state index contributed by atoms with van der Waals surface area (Å²) in [5.41, 5.74) is 0. The fourth-order valence-corrected chi connectivity index (χ4v) is 1.42. The average molecular weight is 292 g/mol. The molecule has 1 aliphatic rings. The third-order valence-corrected chi connectivity index (χ3v) is 2.96. The van der Waals surface area contributed by atoms with Gasteiger partial charge >= 0.3 is 23.9 Å². The Labute approximate surface area is 105 Å². The quantitative estimate of drug-likeness (QED) is 0.637. The van der Waals surface area contributed by atoms with Crippen LogP contribution in [-0.2, 0) is 14.3 Å². The van der Waals surface area contributed by atoms with E-state index in [9.17, 15) is 26.7 Å². The van der Waals surface area contributed by atoms with Gasteiger partial charge in [-0.3, -0.25) is 4.79 Å². The van der Waals surface area contributed by atoms with E-state index in [1.165, 1.54) is 6.92 Å². The van der Waals surface area contributed by atoms with E-state index in [0.29, 0.717) is 0 Å². The number of hydrogen-bond acceptors (Lipinski definition) is 4. The zero-order chi connectivity index (χ0) is 15.1. The van der Waals surface area contributed by atoms with Crippen molar-refractivity contribution in [3.63, 3.8) is 0 Å². The summed E-state index contributed by atoms with van der Waals surface area (Å²) < 4.78 is 72.2. The second-order valence-electron chi connectivity index (χ2n) is 4.31. The summed E-state index contributed by atoms with van der Waals surface area (Å²) in [6.45, 7) is 1.73. The number of hydrogen-bond donors (Lipinski definition) is 1. The van der Waals surface area contributed by atoms with Gasteiger partial charge in [0.25, 0.3) is 0 Å². The number of rotatable bonds is 3. The van der Waals surface area contributed by atoms with Gasteiger partial charge in [0.2, 0.25) is 0 Å². The van der Waals surface area contributed by atoms with Gasteiger partial charge in [-0.25, -0.2) is 0 Å². The monoisotopic (exact) mass is 292 g/mol. The van der Waals surface area contributed by atoms with Crippen LogP contribution in [0.15, 0.2) is 0 Å². The molecule has 9 heteroatoms. The Morgan fingerprint density at radius 1 is 1.53 bits per heavy atom. The minimum atomic E-state index is -5.70. The summed E-state index contributed by atoms with van der Waals surface area (Å²) in [5, 5.41) is 8.95. The van der Waals surface area contributed by atoms with Gasteiger partial charge in [-0.05, 0) is 6.42 Å². The Morgan fingerprint density at radius 2 is 2.05 bits per heavy atom. The van der Waals surface area contributed by atoms with Crippen LogP contribution in [0.5, 0.6) is 0 Å². The van der Waals surface area contributed by atoms with Crippen LogP contribution in [0, 0.1) is 5.92 Å². The second-order valence-corrected chi connectivity index (χ2v) is 4.31. The van der Waals surface area contributed by atoms with Crippen molar-refractivity contribution < 1.29 is 41.3 Å². The molecular weight excluding hydrogens is 279 g/mol. The molecule has 0 aromatic rings. The number of halogens is 5. The zero-order valence-electron chi connectivity index (χ0n) is 10.1. The Balaban J connectivity index is 2.89. The van der Waals surface area contributed by atoms with Gasteiger partial charge in [-0.2, -0.15) is 22.0 Å². The highest BCUT2D eigenvalue weighted by Crippen LogP contribution is 2.49. The van der Waals surface area contributed by atoms with Crippen molar-refractivity contribution in [3.8, 4) is 0 Å². The SMILES string of the molecule is CCC(C)C(=O)OC1COC(O)(C(F)(F)F)C1(F)F. The minimum Gasteiger partial charge on any atom is -0.453 e. The molecule has 3 unspecified atom stereocenters. The maximum atomic E-state index is 13.5. The fraction of sp³-hybridized carbons (Fsp3) is 0.900. The summed E-state index contributed by atoms with van der Waals surface area (Å²) in [7, 11) is 0. The highest BCUT2D eigenvalue weighted by Gasteiger charge is 2.78. The lowest BCUT2D eigenvalue weighted by molar-refractivity contribution is -0.405. The third-order valence-electron chi connectivity index (χ3n) is 2.96. The second kappa shape index (κ2) is 4.86. The molecule has 1 heterocycles. The molecule has 3 atom stereocenters. The normalized spacial score (nSPS) is 32.1. The van der Waals surface area contributed by atoms with E-state index >= 15 is 0 Å². The lowest BCUT2D eigenvalue weighted by Gasteiger charge is -2.31. The number of alkyl halides is 5. The Kier molecular flexibility index (Phi) is 4.12. The molecule has 1 aliphatic heterocycles. The van der Waals surface area contributed by atoms with Gasteiger partial charge in [-0.1, -0.05) is 13.8 Å². The van der Waals surface area contributed by atoms with Crippen LogP contribution in [0.4, 0.5) is 22.0 Å². The van der Waals surface area contributed by atoms with Crippen LogP contribution in [0.2, 0.25) is 0 Å². The van der Waals surface area contributed by atoms with Gasteiger partial charge in [0.15, 0.2) is 6.10 Å². The molecule has 0 radical (unpaired) electrons. The number of aliphatic hydroxyl groups is 1. The van der Waals surface area contributed by atoms with Crippen LogP contribution in [-0.4, -0.2) is 41.7 Å². The van der Waals surface area contributed by atoms with Gasteiger partial charge in [0.1, 0.15) is 0 Å². The predicted octanol–water partition coefficient (Wildman–Crippen LogP) is 1.86. The predicted molar refractivity (Wildman–Crippen MR) is 51.2 cm³/mol. The molecule has 0 amide bonds. The smallest absolute Gasteiger partial charge is 0.449 e. The Bertz CT molecular complexity index is 356. The summed E-state index contributed by atoms with van der Waals surface area (Å²) in [5.74, 6) is -11.2. The molecular formula is C10H13F5O4. The number of carbonyl (C=O) groups excluding carboxylic acids is 1. The van der Waals surface area contributed by atoms with E-state index in [-0.39, 0.29) is 6.42 Å². The molecule has 0 saturated carbocycles. The molecule has 4 nitrogen and oxygen atoms in total. The molecule has 0 aliphatic carbocycles. The van der Waals surface area contributed by atoms with E-state index in [2.05, 4.69) is 9.47 Å². The summed E-state index contributed by atoms with van der Waals surface area (Å²) in [4.78, 5) is 11.3. The molecule has 0 aromatic heterocycles. The summed E-state index contributed by atoms with van der Waals surface area (Å²) in [6.07, 6.45) is -7.89. The highest BCUT2D eigenvalue weighted by atomic mass is 19.4. The zero-order valence-corrected chi connectivity index (χ0v) is 10.1. The Hall–Kier alpha value is -0.960. The van der Waals surface area contributed by atoms with Gasteiger partial charge in [0, 0.05) is 0 Å². The molecule has 1 rings (SSSR count). The first-order chi connectivity index (χ1) is 8.47. The van der Waals surface area contributed by atoms with E-state index in [1.54, 1.807) is 6.92 Å². The molecule has 1 N–H and O–H groups in total. The van der Waals surface area contributed by atoms with Crippen LogP contribution in [0.25, 0.3) is 0 Å². The lowest BCUT2D eigenvalue weighted by atomic mass is 10.1. The van der Waals surface area contributed by atoms with Crippen molar-refractivity contribution in [2.75, 3.05) is 6.61 Å². The molecule has 0 bridgehead atoms. The third kappa shape index (κ3) is 2.53. The van der Waals surface area contributed by atoms with E-state index in [1.807, 2.05) is 0 Å². The maximum Gasteiger partial charge on any atom is 0.449 e. The van der Waals surface area contributed by atoms with Crippen molar-refractivity contribution in [1.82, 2.24) is 0 Å². The number of esters is 1. The summed E-state index contributed by atoms with van der Waals surface area (Å²) in [6, 6.07) is 0. The molecule has 19 heavy (non-hydrogen) atoms. The van der Waals surface area contributed by atoms with Crippen molar-refractivity contribution in [3.05, 3.63) is 0 Å². The van der Waals surface area contributed by atoms with Crippen LogP contribution in [0.3, 0.4) is 0 Å². The van der Waals surface area contributed by atoms with Crippen molar-refractivity contribution in [2.24, 2.45) is 5.92 Å². The van der Waals surface area contributed by atoms with Gasteiger partial charge in [0.05, 0.1) is 12.5 Å². The first-order valence-corrected chi connectivity index (χ1v) is 5.48. The fourth-order valence-electron chi connectivity index (χ4n) is 1.42. The first kappa shape index (κ1) is 16.1.